The normalized spacial score (nSPS) is 19.9. The van der Waals surface area contributed by atoms with E-state index in [-0.39, 0.29) is 12.2 Å². The van der Waals surface area contributed by atoms with Crippen molar-refractivity contribution in [1.29, 1.82) is 0 Å². The molecule has 0 saturated carbocycles. The number of nitrogens with one attached hydrogen (secondary N) is 2. The Morgan fingerprint density at radius 1 is 1.17 bits per heavy atom. The Labute approximate surface area is 178 Å². The van der Waals surface area contributed by atoms with E-state index in [1.54, 1.807) is 7.05 Å². The molecule has 2 aromatic rings. The molecule has 156 valence electrons. The second kappa shape index (κ2) is 10.5. The second-order valence-corrected chi connectivity index (χ2v) is 7.79. The van der Waals surface area contributed by atoms with Crippen LogP contribution in [0.2, 0.25) is 5.02 Å². The first-order chi connectivity index (χ1) is 14.0. The quantitative estimate of drug-likeness (QED) is 0.560. The van der Waals surface area contributed by atoms with Crippen LogP contribution in [0.3, 0.4) is 0 Å². The van der Waals surface area contributed by atoms with E-state index in [0.717, 1.165) is 54.0 Å². The van der Waals surface area contributed by atoms with E-state index in [1.165, 1.54) is 0 Å². The maximum Gasteiger partial charge on any atom is 0.191 e. The van der Waals surface area contributed by atoms with E-state index >= 15 is 0 Å². The lowest BCUT2D eigenvalue weighted by Gasteiger charge is -2.36. The number of hydrogen-bond acceptors (Lipinski definition) is 4. The standard InChI is InChI=1S/C22H30ClN5O/c1-16-14-28(15-17(2)29-16)21-9-8-18(12-26-21)13-27-22(24-3)25-11-10-19-6-4-5-7-20(19)23/h4-9,12,16-17H,10-11,13-15H2,1-3H3,(H2,24,25,27). The van der Waals surface area contributed by atoms with Crippen molar-refractivity contribution in [1.82, 2.24) is 15.6 Å². The van der Waals surface area contributed by atoms with Crippen LogP contribution in [0.15, 0.2) is 47.6 Å². The van der Waals surface area contributed by atoms with Gasteiger partial charge in [0, 0.05) is 44.4 Å². The zero-order valence-corrected chi connectivity index (χ0v) is 18.1. The minimum Gasteiger partial charge on any atom is -0.372 e. The lowest BCUT2D eigenvalue weighted by Crippen LogP contribution is -2.45. The van der Waals surface area contributed by atoms with Crippen molar-refractivity contribution >= 4 is 23.4 Å². The summed E-state index contributed by atoms with van der Waals surface area (Å²) in [5.74, 6) is 1.76. The lowest BCUT2D eigenvalue weighted by atomic mass is 10.1. The van der Waals surface area contributed by atoms with E-state index < -0.39 is 0 Å². The molecule has 1 aliphatic rings. The summed E-state index contributed by atoms with van der Waals surface area (Å²) < 4.78 is 5.80. The molecule has 2 N–H and O–H groups in total. The fourth-order valence-corrected chi connectivity index (χ4v) is 3.73. The summed E-state index contributed by atoms with van der Waals surface area (Å²) in [6, 6.07) is 12.1. The molecule has 1 aromatic carbocycles. The van der Waals surface area contributed by atoms with Crippen LogP contribution in [0.25, 0.3) is 0 Å². The van der Waals surface area contributed by atoms with Crippen molar-refractivity contribution in [2.24, 2.45) is 4.99 Å². The summed E-state index contributed by atoms with van der Waals surface area (Å²) in [7, 11) is 1.77. The molecule has 2 heterocycles. The average molecular weight is 416 g/mol. The number of benzene rings is 1. The zero-order chi connectivity index (χ0) is 20.6. The Hall–Kier alpha value is -2.31. The van der Waals surface area contributed by atoms with E-state index in [2.05, 4.69) is 51.5 Å². The van der Waals surface area contributed by atoms with Gasteiger partial charge in [0.25, 0.3) is 0 Å². The van der Waals surface area contributed by atoms with Crippen LogP contribution in [0.5, 0.6) is 0 Å². The summed E-state index contributed by atoms with van der Waals surface area (Å²) in [6.07, 6.45) is 3.21. The summed E-state index contributed by atoms with van der Waals surface area (Å²) >= 11 is 6.21. The Morgan fingerprint density at radius 2 is 1.93 bits per heavy atom. The summed E-state index contributed by atoms with van der Waals surface area (Å²) in [5, 5.41) is 7.46. The Bertz CT molecular complexity index is 801. The fourth-order valence-electron chi connectivity index (χ4n) is 3.50. The number of aromatic nitrogens is 1. The molecule has 7 heteroatoms. The number of guanidine groups is 1. The highest BCUT2D eigenvalue weighted by molar-refractivity contribution is 6.31. The minimum absolute atomic E-state index is 0.224. The van der Waals surface area contributed by atoms with E-state index in [1.807, 2.05) is 30.5 Å². The van der Waals surface area contributed by atoms with Crippen molar-refractivity contribution in [3.8, 4) is 0 Å². The molecule has 2 unspecified atom stereocenters. The molecule has 2 atom stereocenters. The molecule has 6 nitrogen and oxygen atoms in total. The molecule has 0 radical (unpaired) electrons. The van der Waals surface area contributed by atoms with Crippen LogP contribution in [0.4, 0.5) is 5.82 Å². The van der Waals surface area contributed by atoms with Crippen LogP contribution in [-0.4, -0.2) is 49.8 Å². The summed E-state index contributed by atoms with van der Waals surface area (Å²) in [5.41, 5.74) is 2.24. The van der Waals surface area contributed by atoms with Crippen LogP contribution >= 0.6 is 11.6 Å². The highest BCUT2D eigenvalue weighted by Gasteiger charge is 2.22. The first kappa shape index (κ1) is 21.4. The van der Waals surface area contributed by atoms with Gasteiger partial charge in [0.1, 0.15) is 5.82 Å². The number of pyridine rings is 1. The Kier molecular flexibility index (Phi) is 7.72. The predicted molar refractivity (Wildman–Crippen MR) is 120 cm³/mol. The minimum atomic E-state index is 0.224. The first-order valence-electron chi connectivity index (χ1n) is 10.1. The second-order valence-electron chi connectivity index (χ2n) is 7.38. The third-order valence-electron chi connectivity index (χ3n) is 4.88. The molecule has 3 rings (SSSR count). The van der Waals surface area contributed by atoms with Crippen LogP contribution < -0.4 is 15.5 Å². The van der Waals surface area contributed by atoms with Crippen molar-refractivity contribution < 1.29 is 4.74 Å². The molecule has 1 saturated heterocycles. The number of rotatable bonds is 6. The zero-order valence-electron chi connectivity index (χ0n) is 17.4. The molecule has 29 heavy (non-hydrogen) atoms. The number of ether oxygens (including phenoxy) is 1. The van der Waals surface area contributed by atoms with Gasteiger partial charge in [-0.1, -0.05) is 35.9 Å². The van der Waals surface area contributed by atoms with Gasteiger partial charge in [-0.15, -0.1) is 0 Å². The third kappa shape index (κ3) is 6.34. The van der Waals surface area contributed by atoms with Gasteiger partial charge < -0.3 is 20.3 Å². The molecule has 0 spiro atoms. The molecular formula is C22H30ClN5O. The molecule has 1 aromatic heterocycles. The summed E-state index contributed by atoms with van der Waals surface area (Å²) in [4.78, 5) is 11.2. The smallest absolute Gasteiger partial charge is 0.191 e. The Morgan fingerprint density at radius 3 is 2.59 bits per heavy atom. The Balaban J connectivity index is 1.46. The number of nitrogens with zero attached hydrogens (tertiary/aromatic N) is 3. The van der Waals surface area contributed by atoms with Crippen molar-refractivity contribution in [2.75, 3.05) is 31.6 Å². The first-order valence-corrected chi connectivity index (χ1v) is 10.5. The van der Waals surface area contributed by atoms with Crippen molar-refractivity contribution in [2.45, 2.75) is 39.0 Å². The van der Waals surface area contributed by atoms with Gasteiger partial charge in [-0.2, -0.15) is 0 Å². The third-order valence-corrected chi connectivity index (χ3v) is 5.25. The number of anilines is 1. The largest absolute Gasteiger partial charge is 0.372 e. The monoisotopic (exact) mass is 415 g/mol. The van der Waals surface area contributed by atoms with Gasteiger partial charge in [0.15, 0.2) is 5.96 Å². The SMILES string of the molecule is CN=C(NCCc1ccccc1Cl)NCc1ccc(N2CC(C)OC(C)C2)nc1. The van der Waals surface area contributed by atoms with E-state index in [4.69, 9.17) is 16.3 Å². The maximum absolute atomic E-state index is 6.21. The fraction of sp³-hybridized carbons (Fsp3) is 0.455. The summed E-state index contributed by atoms with van der Waals surface area (Å²) in [6.45, 7) is 7.37. The number of halogens is 1. The maximum atomic E-state index is 6.21. The molecule has 1 fully saturated rings. The van der Waals surface area contributed by atoms with Gasteiger partial charge >= 0.3 is 0 Å². The topological polar surface area (TPSA) is 61.8 Å². The van der Waals surface area contributed by atoms with Crippen molar-refractivity contribution in [3.63, 3.8) is 0 Å². The molecular weight excluding hydrogens is 386 g/mol. The number of morpholine rings is 1. The van der Waals surface area contributed by atoms with Gasteiger partial charge in [-0.05, 0) is 43.5 Å². The highest BCUT2D eigenvalue weighted by atomic mass is 35.5. The van der Waals surface area contributed by atoms with Crippen molar-refractivity contribution in [3.05, 3.63) is 58.7 Å². The molecule has 0 bridgehead atoms. The van der Waals surface area contributed by atoms with Gasteiger partial charge in [-0.25, -0.2) is 4.98 Å². The van der Waals surface area contributed by atoms with E-state index in [0.29, 0.717) is 6.54 Å². The average Bonchev–Trinajstić information content (AvgIpc) is 2.71. The number of hydrogen-bond donors (Lipinski definition) is 2. The number of aliphatic imine (C=N–C) groups is 1. The highest BCUT2D eigenvalue weighted by Crippen LogP contribution is 2.18. The molecule has 1 aliphatic heterocycles. The van der Waals surface area contributed by atoms with Crippen LogP contribution in [0.1, 0.15) is 25.0 Å². The predicted octanol–water partition coefficient (Wildman–Crippen LogP) is 3.26. The molecule has 0 amide bonds. The van der Waals surface area contributed by atoms with Crippen LogP contribution in [0, 0.1) is 0 Å². The lowest BCUT2D eigenvalue weighted by molar-refractivity contribution is -0.00545. The van der Waals surface area contributed by atoms with Crippen LogP contribution in [-0.2, 0) is 17.7 Å². The van der Waals surface area contributed by atoms with Gasteiger partial charge in [0.05, 0.1) is 12.2 Å². The van der Waals surface area contributed by atoms with E-state index in [9.17, 15) is 0 Å². The molecule has 0 aliphatic carbocycles. The van der Waals surface area contributed by atoms with Gasteiger partial charge in [0.2, 0.25) is 0 Å². The van der Waals surface area contributed by atoms with Gasteiger partial charge in [-0.3, -0.25) is 4.99 Å².